The molecule has 5 heteroatoms. The lowest BCUT2D eigenvalue weighted by molar-refractivity contribution is -0.109. The second-order valence-corrected chi connectivity index (χ2v) is 3.42. The highest BCUT2D eigenvalue weighted by molar-refractivity contribution is 5.63. The predicted octanol–water partition coefficient (Wildman–Crippen LogP) is 1.73. The van der Waals surface area contributed by atoms with Crippen LogP contribution >= 0.6 is 0 Å². The average molecular weight is 244 g/mol. The molecule has 0 radical (unpaired) electrons. The zero-order chi connectivity index (χ0) is 12.8. The van der Waals surface area contributed by atoms with Gasteiger partial charge in [-0.25, -0.2) is 9.97 Å². The number of hydrogen-bond donors (Lipinski definition) is 0. The van der Waals surface area contributed by atoms with E-state index >= 15 is 0 Å². The minimum absolute atomic E-state index is 0.00261. The molecule has 0 saturated heterocycles. The van der Waals surface area contributed by atoms with Crippen molar-refractivity contribution in [3.8, 4) is 22.9 Å². The van der Waals surface area contributed by atoms with Crippen LogP contribution in [0.5, 0.6) is 11.5 Å². The summed E-state index contributed by atoms with van der Waals surface area (Å²) in [5, 5.41) is 0. The average Bonchev–Trinajstić information content (AvgIpc) is 2.45. The zero-order valence-corrected chi connectivity index (χ0v) is 9.87. The van der Waals surface area contributed by atoms with Crippen molar-refractivity contribution in [1.29, 1.82) is 0 Å². The maximum atomic E-state index is 10.2. The number of methoxy groups -OCH3 is 1. The summed E-state index contributed by atoms with van der Waals surface area (Å²) in [5.74, 6) is 1.71. The quantitative estimate of drug-likeness (QED) is 0.749. The molecule has 1 heterocycles. The second-order valence-electron chi connectivity index (χ2n) is 3.42. The number of ether oxygens (including phenoxy) is 2. The molecule has 0 unspecified atom stereocenters. The Morgan fingerprint density at radius 2 is 1.94 bits per heavy atom. The summed E-state index contributed by atoms with van der Waals surface area (Å²) in [6.07, 6.45) is 3.73. The molecule has 0 atom stereocenters. The number of benzene rings is 1. The summed E-state index contributed by atoms with van der Waals surface area (Å²) in [5.41, 5.74) is 0.807. The van der Waals surface area contributed by atoms with Gasteiger partial charge in [-0.2, -0.15) is 0 Å². The van der Waals surface area contributed by atoms with Gasteiger partial charge in [-0.15, -0.1) is 0 Å². The number of para-hydroxylation sites is 1. The molecular weight excluding hydrogens is 232 g/mol. The molecule has 0 aliphatic heterocycles. The highest BCUT2D eigenvalue weighted by Gasteiger charge is 2.07. The van der Waals surface area contributed by atoms with Crippen molar-refractivity contribution in [3.05, 3.63) is 36.7 Å². The van der Waals surface area contributed by atoms with Gasteiger partial charge in [0.25, 0.3) is 0 Å². The first-order valence-corrected chi connectivity index (χ1v) is 5.37. The van der Waals surface area contributed by atoms with Crippen LogP contribution in [0.3, 0.4) is 0 Å². The normalized spacial score (nSPS) is 9.83. The number of carbonyl (C=O) groups is 1. The van der Waals surface area contributed by atoms with E-state index in [1.165, 1.54) is 12.4 Å². The van der Waals surface area contributed by atoms with Crippen molar-refractivity contribution < 1.29 is 14.3 Å². The lowest BCUT2D eigenvalue weighted by Gasteiger charge is -2.07. The smallest absolute Gasteiger partial charge is 0.163 e. The summed E-state index contributed by atoms with van der Waals surface area (Å²) in [7, 11) is 1.60. The molecule has 0 aliphatic carbocycles. The summed E-state index contributed by atoms with van der Waals surface area (Å²) in [6, 6.07) is 7.48. The van der Waals surface area contributed by atoms with Crippen molar-refractivity contribution in [2.75, 3.05) is 13.7 Å². The second kappa shape index (κ2) is 5.77. The number of hydrogen-bond acceptors (Lipinski definition) is 5. The molecule has 5 nitrogen and oxygen atoms in total. The number of nitrogens with zero attached hydrogens (tertiary/aromatic N) is 2. The molecular formula is C13H12N2O3. The standard InChI is InChI=1S/C13H12N2O3/c1-17-12-5-3-2-4-11(12)13-14-8-10(9-15-13)18-7-6-16/h2-6,8-9H,7H2,1H3. The topological polar surface area (TPSA) is 61.3 Å². The van der Waals surface area contributed by atoms with E-state index in [4.69, 9.17) is 9.47 Å². The van der Waals surface area contributed by atoms with Gasteiger partial charge in [0.15, 0.2) is 17.9 Å². The van der Waals surface area contributed by atoms with Crippen molar-refractivity contribution in [2.24, 2.45) is 0 Å². The number of rotatable bonds is 5. The SMILES string of the molecule is COc1ccccc1-c1ncc(OCC=O)cn1. The van der Waals surface area contributed by atoms with Gasteiger partial charge in [-0.3, -0.25) is 4.79 Å². The number of aldehydes is 1. The van der Waals surface area contributed by atoms with Crippen molar-refractivity contribution in [1.82, 2.24) is 9.97 Å². The van der Waals surface area contributed by atoms with Crippen LogP contribution in [0.15, 0.2) is 36.7 Å². The Balaban J connectivity index is 2.25. The lowest BCUT2D eigenvalue weighted by atomic mass is 10.2. The fourth-order valence-corrected chi connectivity index (χ4v) is 1.49. The maximum absolute atomic E-state index is 10.2. The van der Waals surface area contributed by atoms with Gasteiger partial charge >= 0.3 is 0 Å². The van der Waals surface area contributed by atoms with Crippen LogP contribution < -0.4 is 9.47 Å². The molecule has 1 aromatic carbocycles. The van der Waals surface area contributed by atoms with Gasteiger partial charge in [0.05, 0.1) is 25.1 Å². The molecule has 0 bridgehead atoms. The fourth-order valence-electron chi connectivity index (χ4n) is 1.49. The molecule has 0 aliphatic rings. The molecule has 92 valence electrons. The highest BCUT2D eigenvalue weighted by Crippen LogP contribution is 2.26. The van der Waals surface area contributed by atoms with E-state index in [0.717, 1.165) is 5.56 Å². The van der Waals surface area contributed by atoms with Gasteiger partial charge < -0.3 is 9.47 Å². The van der Waals surface area contributed by atoms with Crippen LogP contribution in [0.1, 0.15) is 0 Å². The predicted molar refractivity (Wildman–Crippen MR) is 65.6 cm³/mol. The van der Waals surface area contributed by atoms with E-state index < -0.39 is 0 Å². The van der Waals surface area contributed by atoms with Crippen LogP contribution in [0.25, 0.3) is 11.4 Å². The van der Waals surface area contributed by atoms with Crippen LogP contribution in [-0.4, -0.2) is 30.0 Å². The Labute approximate surface area is 104 Å². The summed E-state index contributed by atoms with van der Waals surface area (Å²) in [6.45, 7) is -0.00261. The van der Waals surface area contributed by atoms with E-state index in [0.29, 0.717) is 23.6 Å². The molecule has 0 fully saturated rings. The first-order chi connectivity index (χ1) is 8.85. The molecule has 18 heavy (non-hydrogen) atoms. The Hall–Kier alpha value is -2.43. The Morgan fingerprint density at radius 1 is 1.22 bits per heavy atom. The third-order valence-corrected chi connectivity index (χ3v) is 2.29. The van der Waals surface area contributed by atoms with Gasteiger partial charge in [-0.1, -0.05) is 12.1 Å². The molecule has 2 rings (SSSR count). The van der Waals surface area contributed by atoms with E-state index in [1.54, 1.807) is 7.11 Å². The molecule has 1 aromatic heterocycles. The number of carbonyl (C=O) groups excluding carboxylic acids is 1. The maximum Gasteiger partial charge on any atom is 0.163 e. The number of aromatic nitrogens is 2. The van der Waals surface area contributed by atoms with E-state index in [-0.39, 0.29) is 6.61 Å². The highest BCUT2D eigenvalue weighted by atomic mass is 16.5. The van der Waals surface area contributed by atoms with Crippen LogP contribution in [0, 0.1) is 0 Å². The molecule has 0 spiro atoms. The van der Waals surface area contributed by atoms with Gasteiger partial charge in [-0.05, 0) is 12.1 Å². The summed E-state index contributed by atoms with van der Waals surface area (Å²) < 4.78 is 10.3. The minimum Gasteiger partial charge on any atom is -0.496 e. The Kier molecular flexibility index (Phi) is 3.86. The summed E-state index contributed by atoms with van der Waals surface area (Å²) >= 11 is 0. The minimum atomic E-state index is -0.00261. The summed E-state index contributed by atoms with van der Waals surface area (Å²) in [4.78, 5) is 18.5. The Bertz CT molecular complexity index is 526. The monoisotopic (exact) mass is 244 g/mol. The van der Waals surface area contributed by atoms with E-state index in [2.05, 4.69) is 9.97 Å². The first-order valence-electron chi connectivity index (χ1n) is 5.37. The molecule has 0 N–H and O–H groups in total. The van der Waals surface area contributed by atoms with Gasteiger partial charge in [0, 0.05) is 0 Å². The van der Waals surface area contributed by atoms with Crippen LogP contribution in [0.4, 0.5) is 0 Å². The molecule has 0 amide bonds. The zero-order valence-electron chi connectivity index (χ0n) is 9.87. The van der Waals surface area contributed by atoms with Crippen LogP contribution in [-0.2, 0) is 4.79 Å². The molecule has 2 aromatic rings. The van der Waals surface area contributed by atoms with E-state index in [9.17, 15) is 4.79 Å². The van der Waals surface area contributed by atoms with Crippen LogP contribution in [0.2, 0.25) is 0 Å². The Morgan fingerprint density at radius 3 is 2.61 bits per heavy atom. The van der Waals surface area contributed by atoms with Crippen molar-refractivity contribution in [3.63, 3.8) is 0 Å². The lowest BCUT2D eigenvalue weighted by Crippen LogP contribution is -1.99. The third kappa shape index (κ3) is 2.63. The largest absolute Gasteiger partial charge is 0.496 e. The molecule has 0 saturated carbocycles. The third-order valence-electron chi connectivity index (χ3n) is 2.29. The fraction of sp³-hybridized carbons (Fsp3) is 0.154. The van der Waals surface area contributed by atoms with E-state index in [1.807, 2.05) is 24.3 Å². The van der Waals surface area contributed by atoms with Crippen molar-refractivity contribution in [2.45, 2.75) is 0 Å². The van der Waals surface area contributed by atoms with Gasteiger partial charge in [0.1, 0.15) is 12.4 Å². The van der Waals surface area contributed by atoms with Gasteiger partial charge in [0.2, 0.25) is 0 Å². The van der Waals surface area contributed by atoms with Crippen molar-refractivity contribution >= 4 is 6.29 Å². The first kappa shape index (κ1) is 12.0.